The summed E-state index contributed by atoms with van der Waals surface area (Å²) >= 11 is 6.19. The highest BCUT2D eigenvalue weighted by Gasteiger charge is 2.31. The standard InChI is InChI=1S/C38H46ClN5O6/c1-4-5-22-49-28-14-15-34-30(24-28)33(45)25-35(50-34)37(47)41-31(23-26-10-12-27(39)13-11-26)38(48)44-20-18-43(19-21-44)32-9-7-6-8-29(32)36(46)40-16-17-42(2)3/h6-10,12,14-15,24-25,31H,4-5,11,13,16-23H2,1-3H3,(H,40,46)(H,41,47)/t31-/m1/s1. The lowest BCUT2D eigenvalue weighted by atomic mass is 9.96. The van der Waals surface area contributed by atoms with Gasteiger partial charge in [0, 0.05) is 56.1 Å². The number of nitrogens with zero attached hydrogens (tertiary/aromatic N) is 3. The first-order chi connectivity index (χ1) is 24.1. The SMILES string of the molecule is CCCCOc1ccc2oc(C(=O)N[C@H](CC3=CC=C(Cl)CC3)C(=O)N3CCN(c4ccccc4C(=O)NCCN(C)C)CC3)cc(=O)c2c1. The lowest BCUT2D eigenvalue weighted by Crippen LogP contribution is -2.55. The average Bonchev–Trinajstić information content (AvgIpc) is 3.12. The van der Waals surface area contributed by atoms with Crippen molar-refractivity contribution < 1.29 is 23.5 Å². The molecule has 1 saturated heterocycles. The number of allylic oxidation sites excluding steroid dienone is 3. The Labute approximate surface area is 297 Å². The summed E-state index contributed by atoms with van der Waals surface area (Å²) in [6.07, 6.45) is 7.22. The molecule has 2 N–H and O–H groups in total. The van der Waals surface area contributed by atoms with Gasteiger partial charge >= 0.3 is 0 Å². The maximum absolute atomic E-state index is 14.1. The van der Waals surface area contributed by atoms with Gasteiger partial charge in [0.25, 0.3) is 11.8 Å². The molecule has 3 aromatic rings. The highest BCUT2D eigenvalue weighted by Crippen LogP contribution is 2.26. The Morgan fingerprint density at radius 3 is 2.50 bits per heavy atom. The van der Waals surface area contributed by atoms with E-state index in [0.29, 0.717) is 68.9 Å². The molecular weight excluding hydrogens is 658 g/mol. The highest BCUT2D eigenvalue weighted by atomic mass is 35.5. The van der Waals surface area contributed by atoms with E-state index in [-0.39, 0.29) is 35.0 Å². The molecule has 1 aromatic heterocycles. The summed E-state index contributed by atoms with van der Waals surface area (Å²) in [5.74, 6) is -0.636. The van der Waals surface area contributed by atoms with Crippen molar-refractivity contribution in [3.05, 3.63) is 92.8 Å². The molecule has 1 aliphatic carbocycles. The Hall–Kier alpha value is -4.61. The third-order valence-corrected chi connectivity index (χ3v) is 9.18. The minimum atomic E-state index is -0.893. The third kappa shape index (κ3) is 9.54. The molecule has 2 aromatic carbocycles. The van der Waals surface area contributed by atoms with Crippen LogP contribution in [0.1, 0.15) is 59.9 Å². The molecule has 0 unspecified atom stereocenters. The Bertz CT molecular complexity index is 1810. The predicted molar refractivity (Wildman–Crippen MR) is 196 cm³/mol. The van der Waals surface area contributed by atoms with E-state index in [4.69, 9.17) is 20.8 Å². The second-order valence-corrected chi connectivity index (χ2v) is 13.4. The van der Waals surface area contributed by atoms with Gasteiger partial charge in [0.1, 0.15) is 17.4 Å². The molecule has 1 aliphatic heterocycles. The predicted octanol–water partition coefficient (Wildman–Crippen LogP) is 4.94. The molecule has 2 heterocycles. The Morgan fingerprint density at radius 1 is 1.00 bits per heavy atom. The second-order valence-electron chi connectivity index (χ2n) is 12.9. The van der Waals surface area contributed by atoms with Crippen LogP contribution in [0.5, 0.6) is 5.75 Å². The van der Waals surface area contributed by atoms with Crippen molar-refractivity contribution in [2.45, 2.75) is 45.1 Å². The van der Waals surface area contributed by atoms with Crippen molar-refractivity contribution >= 4 is 46.0 Å². The fourth-order valence-corrected chi connectivity index (χ4v) is 6.16. The maximum atomic E-state index is 14.1. The largest absolute Gasteiger partial charge is 0.494 e. The number of fused-ring (bicyclic) bond motifs is 1. The molecule has 5 rings (SSSR count). The number of likely N-dealkylation sites (N-methyl/N-ethyl adjacent to an activating group) is 1. The van der Waals surface area contributed by atoms with Crippen molar-refractivity contribution in [2.24, 2.45) is 0 Å². The molecule has 0 saturated carbocycles. The number of piperazine rings is 1. The first-order valence-corrected chi connectivity index (χ1v) is 17.6. The van der Waals surface area contributed by atoms with Gasteiger partial charge in [-0.25, -0.2) is 0 Å². The van der Waals surface area contributed by atoms with E-state index >= 15 is 0 Å². The number of hydrogen-bond acceptors (Lipinski definition) is 8. The van der Waals surface area contributed by atoms with Gasteiger partial charge in [-0.2, -0.15) is 0 Å². The Kier molecular flexibility index (Phi) is 12.7. The molecule has 0 spiro atoms. The van der Waals surface area contributed by atoms with Crippen LogP contribution in [0.15, 0.2) is 80.5 Å². The first-order valence-electron chi connectivity index (χ1n) is 17.2. The minimum absolute atomic E-state index is 0.139. The fourth-order valence-electron chi connectivity index (χ4n) is 6.01. The fraction of sp³-hybridized carbons (Fsp3) is 0.421. The molecule has 12 heteroatoms. The van der Waals surface area contributed by atoms with E-state index in [9.17, 15) is 19.2 Å². The first kappa shape index (κ1) is 36.7. The third-order valence-electron chi connectivity index (χ3n) is 8.87. The van der Waals surface area contributed by atoms with Crippen molar-refractivity contribution in [1.82, 2.24) is 20.4 Å². The van der Waals surface area contributed by atoms with Crippen molar-refractivity contribution in [2.75, 3.05) is 64.9 Å². The van der Waals surface area contributed by atoms with Crippen LogP contribution in [0.25, 0.3) is 11.0 Å². The van der Waals surface area contributed by atoms with Gasteiger partial charge in [-0.3, -0.25) is 19.2 Å². The zero-order chi connectivity index (χ0) is 35.6. The number of ether oxygens (including phenoxy) is 1. The molecule has 266 valence electrons. The van der Waals surface area contributed by atoms with Crippen LogP contribution < -0.4 is 25.7 Å². The molecule has 0 radical (unpaired) electrons. The number of anilines is 1. The van der Waals surface area contributed by atoms with Gasteiger partial charge in [0.05, 0.1) is 17.6 Å². The number of carbonyl (C=O) groups is 3. The van der Waals surface area contributed by atoms with Crippen LogP contribution in [0.4, 0.5) is 5.69 Å². The van der Waals surface area contributed by atoms with E-state index in [1.807, 2.05) is 55.4 Å². The molecule has 1 atom stereocenters. The van der Waals surface area contributed by atoms with Crippen molar-refractivity contribution in [1.29, 1.82) is 0 Å². The monoisotopic (exact) mass is 703 g/mol. The number of unbranched alkanes of at least 4 members (excludes halogenated alkanes) is 1. The molecule has 0 bridgehead atoms. The zero-order valence-corrected chi connectivity index (χ0v) is 29.8. The number of halogens is 1. The molecule has 2 aliphatic rings. The van der Waals surface area contributed by atoms with Gasteiger partial charge in [-0.1, -0.05) is 48.7 Å². The molecule has 3 amide bonds. The summed E-state index contributed by atoms with van der Waals surface area (Å²) in [6, 6.07) is 12.7. The average molecular weight is 704 g/mol. The topological polar surface area (TPSA) is 124 Å². The summed E-state index contributed by atoms with van der Waals surface area (Å²) in [5, 5.41) is 6.90. The van der Waals surface area contributed by atoms with Crippen molar-refractivity contribution in [3.8, 4) is 5.75 Å². The molecule has 1 fully saturated rings. The minimum Gasteiger partial charge on any atom is -0.494 e. The summed E-state index contributed by atoms with van der Waals surface area (Å²) in [4.78, 5) is 59.6. The Balaban J connectivity index is 1.29. The normalized spacial score (nSPS) is 15.4. The highest BCUT2D eigenvalue weighted by molar-refractivity contribution is 6.29. The van der Waals surface area contributed by atoms with Gasteiger partial charge < -0.3 is 34.5 Å². The van der Waals surface area contributed by atoms with E-state index in [2.05, 4.69) is 22.5 Å². The summed E-state index contributed by atoms with van der Waals surface area (Å²) in [6.45, 7) is 5.71. The van der Waals surface area contributed by atoms with Gasteiger partial charge in [-0.05, 0) is 76.2 Å². The van der Waals surface area contributed by atoms with E-state index < -0.39 is 11.9 Å². The van der Waals surface area contributed by atoms with E-state index in [0.717, 1.165) is 41.7 Å². The number of amides is 3. The van der Waals surface area contributed by atoms with Crippen LogP contribution in [0, 0.1) is 0 Å². The zero-order valence-electron chi connectivity index (χ0n) is 29.0. The number of benzene rings is 2. The summed E-state index contributed by atoms with van der Waals surface area (Å²) < 4.78 is 11.6. The summed E-state index contributed by atoms with van der Waals surface area (Å²) in [5.41, 5.74) is 2.26. The lowest BCUT2D eigenvalue weighted by Gasteiger charge is -2.38. The number of nitrogens with one attached hydrogen (secondary N) is 2. The van der Waals surface area contributed by atoms with E-state index in [1.54, 1.807) is 23.1 Å². The van der Waals surface area contributed by atoms with Crippen LogP contribution in [-0.4, -0.2) is 93.5 Å². The smallest absolute Gasteiger partial charge is 0.287 e. The van der Waals surface area contributed by atoms with E-state index in [1.165, 1.54) is 0 Å². The number of rotatable bonds is 14. The molecule has 50 heavy (non-hydrogen) atoms. The summed E-state index contributed by atoms with van der Waals surface area (Å²) in [7, 11) is 3.91. The van der Waals surface area contributed by atoms with Crippen molar-refractivity contribution in [3.63, 3.8) is 0 Å². The van der Waals surface area contributed by atoms with Gasteiger partial charge in [-0.15, -0.1) is 0 Å². The maximum Gasteiger partial charge on any atom is 0.287 e. The molecule has 11 nitrogen and oxygen atoms in total. The number of hydrogen-bond donors (Lipinski definition) is 2. The second kappa shape index (κ2) is 17.4. The van der Waals surface area contributed by atoms with Gasteiger partial charge in [0.15, 0.2) is 11.2 Å². The Morgan fingerprint density at radius 2 is 1.78 bits per heavy atom. The quantitative estimate of drug-likeness (QED) is 0.226. The number of para-hydroxylation sites is 1. The van der Waals surface area contributed by atoms with Crippen LogP contribution in [0.3, 0.4) is 0 Å². The number of carbonyl (C=O) groups excluding carboxylic acids is 3. The lowest BCUT2D eigenvalue weighted by molar-refractivity contribution is -0.133. The van der Waals surface area contributed by atoms with Gasteiger partial charge in [0.2, 0.25) is 5.91 Å². The van der Waals surface area contributed by atoms with Crippen LogP contribution in [-0.2, 0) is 4.79 Å². The molecular formula is C38H46ClN5O6. The van der Waals surface area contributed by atoms with Crippen LogP contribution in [0.2, 0.25) is 0 Å². The van der Waals surface area contributed by atoms with Crippen LogP contribution >= 0.6 is 11.6 Å².